The van der Waals surface area contributed by atoms with Crippen molar-refractivity contribution in [2.45, 2.75) is 19.4 Å². The molecule has 2 heteroatoms. The summed E-state index contributed by atoms with van der Waals surface area (Å²) in [7, 11) is 0. The molecule has 14 heavy (non-hydrogen) atoms. The van der Waals surface area contributed by atoms with E-state index in [1.54, 1.807) is 6.08 Å². The highest BCUT2D eigenvalue weighted by atomic mass is 16.5. The normalized spacial score (nSPS) is 17.9. The van der Waals surface area contributed by atoms with Crippen LogP contribution >= 0.6 is 0 Å². The van der Waals surface area contributed by atoms with Crippen LogP contribution in [0, 0.1) is 0 Å². The first-order valence-corrected chi connectivity index (χ1v) is 4.64. The molecule has 0 aliphatic heterocycles. The molecule has 1 aliphatic rings. The summed E-state index contributed by atoms with van der Waals surface area (Å²) in [6.45, 7) is 5.18. The predicted octanol–water partition coefficient (Wildman–Crippen LogP) is 2.49. The molecule has 1 atom stereocenters. The summed E-state index contributed by atoms with van der Waals surface area (Å²) >= 11 is 0. The molecule has 2 nitrogen and oxygen atoms in total. The van der Waals surface area contributed by atoms with E-state index < -0.39 is 0 Å². The molecule has 1 aromatic rings. The van der Waals surface area contributed by atoms with Gasteiger partial charge < -0.3 is 4.74 Å². The minimum Gasteiger partial charge on any atom is -0.457 e. The fourth-order valence-electron chi connectivity index (χ4n) is 1.85. The second kappa shape index (κ2) is 3.29. The first-order chi connectivity index (χ1) is 6.72. The van der Waals surface area contributed by atoms with Crippen molar-refractivity contribution in [2.24, 2.45) is 0 Å². The van der Waals surface area contributed by atoms with Gasteiger partial charge in [0, 0.05) is 18.9 Å². The van der Waals surface area contributed by atoms with Gasteiger partial charge in [-0.05, 0) is 11.1 Å². The lowest BCUT2D eigenvalue weighted by atomic mass is 9.82. The lowest BCUT2D eigenvalue weighted by molar-refractivity contribution is -0.147. The number of ether oxygens (including phenoxy) is 1. The van der Waals surface area contributed by atoms with Crippen LogP contribution in [0.1, 0.15) is 29.7 Å². The summed E-state index contributed by atoms with van der Waals surface area (Å²) in [4.78, 5) is 10.8. The first-order valence-electron chi connectivity index (χ1n) is 4.64. The largest absolute Gasteiger partial charge is 0.457 e. The Hall–Kier alpha value is -1.57. The fraction of sp³-hybridized carbons (Fsp3) is 0.250. The van der Waals surface area contributed by atoms with Gasteiger partial charge in [0.15, 0.2) is 0 Å². The number of esters is 1. The molecule has 0 aromatic heterocycles. The number of carbonyl (C=O) groups excluding carboxylic acids is 1. The zero-order chi connectivity index (χ0) is 10.1. The van der Waals surface area contributed by atoms with Gasteiger partial charge in [-0.25, -0.2) is 0 Å². The summed E-state index contributed by atoms with van der Waals surface area (Å²) in [5.74, 6) is -0.223. The smallest absolute Gasteiger partial charge is 0.303 e. The molecule has 0 N–H and O–H groups in total. The summed E-state index contributed by atoms with van der Waals surface area (Å²) in [5, 5.41) is 0. The van der Waals surface area contributed by atoms with Gasteiger partial charge in [-0.3, -0.25) is 4.79 Å². The third-order valence-electron chi connectivity index (χ3n) is 2.49. The number of hydrogen-bond acceptors (Lipinski definition) is 2. The van der Waals surface area contributed by atoms with Crippen molar-refractivity contribution in [1.29, 1.82) is 0 Å². The summed E-state index contributed by atoms with van der Waals surface area (Å²) in [6, 6.07) is 6.05. The molecule has 2 rings (SSSR count). The van der Waals surface area contributed by atoms with Crippen LogP contribution in [0.2, 0.25) is 0 Å². The number of fused-ring (bicyclic) bond motifs is 1. The SMILES string of the molecule is C=Cc1cccc2c1C(OC(C)=O)C2. The second-order valence-electron chi connectivity index (χ2n) is 3.43. The quantitative estimate of drug-likeness (QED) is 0.666. The minimum absolute atomic E-state index is 0.0586. The maximum atomic E-state index is 10.8. The lowest BCUT2D eigenvalue weighted by Crippen LogP contribution is -2.23. The van der Waals surface area contributed by atoms with Crippen LogP contribution in [0.3, 0.4) is 0 Å². The van der Waals surface area contributed by atoms with Gasteiger partial charge in [-0.15, -0.1) is 0 Å². The number of hydrogen-bond donors (Lipinski definition) is 0. The number of carbonyl (C=O) groups is 1. The van der Waals surface area contributed by atoms with E-state index in [9.17, 15) is 4.79 Å². The highest BCUT2D eigenvalue weighted by molar-refractivity contribution is 5.68. The molecule has 0 saturated carbocycles. The molecule has 0 radical (unpaired) electrons. The number of benzene rings is 1. The Kier molecular flexibility index (Phi) is 2.12. The maximum Gasteiger partial charge on any atom is 0.303 e. The van der Waals surface area contributed by atoms with Crippen LogP contribution in [0.4, 0.5) is 0 Å². The van der Waals surface area contributed by atoms with Crippen LogP contribution in [0.5, 0.6) is 0 Å². The van der Waals surface area contributed by atoms with E-state index in [4.69, 9.17) is 4.74 Å². The summed E-state index contributed by atoms with van der Waals surface area (Å²) < 4.78 is 5.17. The van der Waals surface area contributed by atoms with Crippen LogP contribution in [0.15, 0.2) is 24.8 Å². The Morgan fingerprint density at radius 1 is 1.64 bits per heavy atom. The van der Waals surface area contributed by atoms with Crippen molar-refractivity contribution in [3.8, 4) is 0 Å². The van der Waals surface area contributed by atoms with E-state index in [0.29, 0.717) is 0 Å². The molecule has 0 fully saturated rings. The van der Waals surface area contributed by atoms with Crippen molar-refractivity contribution in [3.05, 3.63) is 41.5 Å². The Morgan fingerprint density at radius 2 is 2.43 bits per heavy atom. The highest BCUT2D eigenvalue weighted by Crippen LogP contribution is 2.38. The monoisotopic (exact) mass is 188 g/mol. The van der Waals surface area contributed by atoms with Gasteiger partial charge in [-0.1, -0.05) is 30.9 Å². The van der Waals surface area contributed by atoms with Crippen molar-refractivity contribution < 1.29 is 9.53 Å². The fourth-order valence-corrected chi connectivity index (χ4v) is 1.85. The minimum atomic E-state index is -0.223. The topological polar surface area (TPSA) is 26.3 Å². The van der Waals surface area contributed by atoms with E-state index >= 15 is 0 Å². The molecule has 0 spiro atoms. The van der Waals surface area contributed by atoms with E-state index in [1.165, 1.54) is 12.5 Å². The van der Waals surface area contributed by atoms with Gasteiger partial charge >= 0.3 is 5.97 Å². The summed E-state index contributed by atoms with van der Waals surface area (Å²) in [5.41, 5.74) is 3.45. The first kappa shape index (κ1) is 9.00. The Bertz CT molecular complexity index is 393. The average Bonchev–Trinajstić information content (AvgIpc) is 2.13. The molecule has 1 aromatic carbocycles. The molecular weight excluding hydrogens is 176 g/mol. The van der Waals surface area contributed by atoms with Crippen molar-refractivity contribution in [1.82, 2.24) is 0 Å². The van der Waals surface area contributed by atoms with E-state index in [-0.39, 0.29) is 12.1 Å². The van der Waals surface area contributed by atoms with Crippen molar-refractivity contribution in [2.75, 3.05) is 0 Å². The zero-order valence-electron chi connectivity index (χ0n) is 8.12. The van der Waals surface area contributed by atoms with Crippen LogP contribution in [-0.2, 0) is 16.0 Å². The summed E-state index contributed by atoms with van der Waals surface area (Å²) in [6.07, 6.45) is 2.57. The third-order valence-corrected chi connectivity index (χ3v) is 2.49. The molecule has 0 bridgehead atoms. The molecule has 1 aliphatic carbocycles. The molecule has 0 amide bonds. The van der Waals surface area contributed by atoms with E-state index in [0.717, 1.165) is 17.5 Å². The third kappa shape index (κ3) is 1.33. The molecular formula is C12H12O2. The van der Waals surface area contributed by atoms with Gasteiger partial charge in [0.25, 0.3) is 0 Å². The van der Waals surface area contributed by atoms with Gasteiger partial charge in [-0.2, -0.15) is 0 Å². The van der Waals surface area contributed by atoms with Gasteiger partial charge in [0.05, 0.1) is 0 Å². The van der Waals surface area contributed by atoms with Crippen molar-refractivity contribution >= 4 is 12.0 Å². The Morgan fingerprint density at radius 3 is 3.07 bits per heavy atom. The molecule has 0 heterocycles. The Balaban J connectivity index is 2.30. The molecule has 0 saturated heterocycles. The molecule has 1 unspecified atom stereocenters. The average molecular weight is 188 g/mol. The van der Waals surface area contributed by atoms with Crippen LogP contribution < -0.4 is 0 Å². The molecule has 72 valence electrons. The van der Waals surface area contributed by atoms with Crippen LogP contribution in [-0.4, -0.2) is 5.97 Å². The Labute approximate surface area is 83.2 Å². The number of rotatable bonds is 2. The van der Waals surface area contributed by atoms with E-state index in [2.05, 4.69) is 12.6 Å². The second-order valence-corrected chi connectivity index (χ2v) is 3.43. The van der Waals surface area contributed by atoms with Gasteiger partial charge in [0.2, 0.25) is 0 Å². The van der Waals surface area contributed by atoms with Gasteiger partial charge in [0.1, 0.15) is 6.10 Å². The zero-order valence-corrected chi connectivity index (χ0v) is 8.12. The standard InChI is InChI=1S/C12H12O2/c1-3-9-5-4-6-10-7-11(12(9)10)14-8(2)13/h3-6,11H,1,7H2,2H3. The van der Waals surface area contributed by atoms with Crippen molar-refractivity contribution in [3.63, 3.8) is 0 Å². The van der Waals surface area contributed by atoms with E-state index in [1.807, 2.05) is 12.1 Å². The predicted molar refractivity (Wildman–Crippen MR) is 54.7 cm³/mol. The lowest BCUT2D eigenvalue weighted by Gasteiger charge is -2.31. The van der Waals surface area contributed by atoms with Crippen LogP contribution in [0.25, 0.3) is 6.08 Å². The highest BCUT2D eigenvalue weighted by Gasteiger charge is 2.30. The maximum absolute atomic E-state index is 10.8.